The van der Waals surface area contributed by atoms with E-state index in [2.05, 4.69) is 10.5 Å². The third kappa shape index (κ3) is 5.59. The molecule has 0 saturated heterocycles. The Balaban J connectivity index is 1.71. The highest BCUT2D eigenvalue weighted by Crippen LogP contribution is 2.38. The van der Waals surface area contributed by atoms with E-state index in [1.807, 2.05) is 0 Å². The van der Waals surface area contributed by atoms with Crippen LogP contribution in [0.15, 0.2) is 65.8 Å². The van der Waals surface area contributed by atoms with Crippen molar-refractivity contribution in [2.75, 3.05) is 21.3 Å². The molecule has 0 aliphatic rings. The fourth-order valence-electron chi connectivity index (χ4n) is 2.91. The van der Waals surface area contributed by atoms with Crippen LogP contribution in [0.2, 0.25) is 0 Å². The summed E-state index contributed by atoms with van der Waals surface area (Å²) in [5.41, 5.74) is 3.21. The van der Waals surface area contributed by atoms with Crippen LogP contribution in [0.5, 0.6) is 28.7 Å². The van der Waals surface area contributed by atoms with Gasteiger partial charge >= 0.3 is 5.97 Å². The van der Waals surface area contributed by atoms with Gasteiger partial charge in [0.05, 0.1) is 38.7 Å². The predicted molar refractivity (Wildman–Crippen MR) is 121 cm³/mol. The highest BCUT2D eigenvalue weighted by Gasteiger charge is 2.18. The number of aromatic hydroxyl groups is 1. The first kappa shape index (κ1) is 23.1. The van der Waals surface area contributed by atoms with Crippen molar-refractivity contribution >= 4 is 18.1 Å². The molecule has 9 heteroatoms. The van der Waals surface area contributed by atoms with E-state index < -0.39 is 11.9 Å². The van der Waals surface area contributed by atoms with Gasteiger partial charge in [0.15, 0.2) is 11.5 Å². The Kier molecular flexibility index (Phi) is 7.48. The van der Waals surface area contributed by atoms with Gasteiger partial charge in [0.25, 0.3) is 5.91 Å². The Morgan fingerprint density at radius 2 is 1.61 bits per heavy atom. The zero-order valence-electron chi connectivity index (χ0n) is 18.2. The van der Waals surface area contributed by atoms with Crippen LogP contribution in [0, 0.1) is 0 Å². The Bertz CT molecular complexity index is 1170. The van der Waals surface area contributed by atoms with Crippen molar-refractivity contribution in [3.63, 3.8) is 0 Å². The first-order valence-corrected chi connectivity index (χ1v) is 9.70. The van der Waals surface area contributed by atoms with Gasteiger partial charge in [-0.05, 0) is 42.0 Å². The number of ether oxygens (including phenoxy) is 4. The number of benzene rings is 3. The third-order valence-electron chi connectivity index (χ3n) is 4.50. The minimum absolute atomic E-state index is 0.0997. The molecule has 0 aliphatic carbocycles. The van der Waals surface area contributed by atoms with Gasteiger partial charge in [-0.2, -0.15) is 5.10 Å². The van der Waals surface area contributed by atoms with Crippen molar-refractivity contribution in [1.82, 2.24) is 5.43 Å². The second-order valence-corrected chi connectivity index (χ2v) is 6.59. The van der Waals surface area contributed by atoms with Gasteiger partial charge in [-0.25, -0.2) is 10.2 Å². The minimum Gasteiger partial charge on any atom is -0.507 e. The van der Waals surface area contributed by atoms with Gasteiger partial charge in [0.2, 0.25) is 5.75 Å². The van der Waals surface area contributed by atoms with Crippen molar-refractivity contribution in [2.24, 2.45) is 5.10 Å². The van der Waals surface area contributed by atoms with Crippen LogP contribution in [0.25, 0.3) is 0 Å². The number of carbonyl (C=O) groups is 2. The number of phenolic OH excluding ortho intramolecular Hbond substituents is 1. The minimum atomic E-state index is -0.629. The monoisotopic (exact) mass is 450 g/mol. The van der Waals surface area contributed by atoms with Gasteiger partial charge in [-0.3, -0.25) is 4.79 Å². The number of carbonyl (C=O) groups excluding carboxylic acids is 2. The molecule has 1 amide bonds. The van der Waals surface area contributed by atoms with E-state index in [9.17, 15) is 14.7 Å². The molecule has 0 atom stereocenters. The molecular weight excluding hydrogens is 428 g/mol. The Hall–Kier alpha value is -4.53. The molecule has 3 rings (SSSR count). The lowest BCUT2D eigenvalue weighted by molar-refractivity contribution is 0.0733. The maximum Gasteiger partial charge on any atom is 0.343 e. The number of nitrogens with one attached hydrogen (secondary N) is 1. The highest BCUT2D eigenvalue weighted by molar-refractivity contribution is 5.97. The van der Waals surface area contributed by atoms with Crippen molar-refractivity contribution in [2.45, 2.75) is 0 Å². The number of hydrogen-bond acceptors (Lipinski definition) is 8. The molecule has 0 aliphatic heterocycles. The molecular formula is C24H22N2O7. The number of esters is 1. The number of methoxy groups -OCH3 is 3. The lowest BCUT2D eigenvalue weighted by atomic mass is 10.1. The lowest BCUT2D eigenvalue weighted by Crippen LogP contribution is -2.17. The van der Waals surface area contributed by atoms with E-state index in [1.54, 1.807) is 36.4 Å². The fraction of sp³-hybridized carbons (Fsp3) is 0.125. The zero-order chi connectivity index (χ0) is 23.8. The van der Waals surface area contributed by atoms with Crippen molar-refractivity contribution in [1.29, 1.82) is 0 Å². The fourth-order valence-corrected chi connectivity index (χ4v) is 2.91. The number of para-hydroxylation sites is 1. The van der Waals surface area contributed by atoms with Gasteiger partial charge in [-0.15, -0.1) is 0 Å². The highest BCUT2D eigenvalue weighted by atomic mass is 16.5. The molecule has 3 aromatic carbocycles. The number of amides is 1. The SMILES string of the molecule is COc1cc(C(=O)Oc2cccc(/C=N/NC(=O)c3ccccc3O)c2)cc(OC)c1OC. The van der Waals surface area contributed by atoms with Crippen LogP contribution in [-0.4, -0.2) is 44.5 Å². The van der Waals surface area contributed by atoms with E-state index >= 15 is 0 Å². The van der Waals surface area contributed by atoms with Crippen LogP contribution in [0.1, 0.15) is 26.3 Å². The van der Waals surface area contributed by atoms with E-state index in [0.717, 1.165) is 0 Å². The molecule has 3 aromatic rings. The molecule has 0 fully saturated rings. The summed E-state index contributed by atoms with van der Waals surface area (Å²) >= 11 is 0. The Morgan fingerprint density at radius 3 is 2.24 bits per heavy atom. The summed E-state index contributed by atoms with van der Waals surface area (Å²) in [7, 11) is 4.37. The van der Waals surface area contributed by atoms with E-state index in [4.69, 9.17) is 18.9 Å². The molecule has 0 aromatic heterocycles. The average Bonchev–Trinajstić information content (AvgIpc) is 2.83. The molecule has 9 nitrogen and oxygen atoms in total. The van der Waals surface area contributed by atoms with Gasteiger partial charge in [-0.1, -0.05) is 24.3 Å². The summed E-state index contributed by atoms with van der Waals surface area (Å²) in [4.78, 5) is 24.8. The summed E-state index contributed by atoms with van der Waals surface area (Å²) < 4.78 is 21.2. The van der Waals surface area contributed by atoms with Crippen LogP contribution < -0.4 is 24.4 Å². The Morgan fingerprint density at radius 1 is 0.909 bits per heavy atom. The lowest BCUT2D eigenvalue weighted by Gasteiger charge is -2.13. The first-order valence-electron chi connectivity index (χ1n) is 9.70. The van der Waals surface area contributed by atoms with E-state index in [1.165, 1.54) is 51.8 Å². The standard InChI is InChI=1S/C24H22N2O7/c1-30-20-12-16(13-21(31-2)22(20)32-3)24(29)33-17-8-6-7-15(11-17)14-25-26-23(28)18-9-4-5-10-19(18)27/h4-14,27H,1-3H3,(H,26,28)/b25-14+. The van der Waals surface area contributed by atoms with Crippen molar-refractivity contribution < 1.29 is 33.6 Å². The quantitative estimate of drug-likeness (QED) is 0.234. The van der Waals surface area contributed by atoms with E-state index in [-0.39, 0.29) is 22.6 Å². The summed E-state index contributed by atoms with van der Waals surface area (Å²) in [6, 6.07) is 15.7. The second kappa shape index (κ2) is 10.7. The largest absolute Gasteiger partial charge is 0.507 e. The van der Waals surface area contributed by atoms with Gasteiger partial charge < -0.3 is 24.1 Å². The molecule has 0 bridgehead atoms. The number of rotatable bonds is 8. The molecule has 0 spiro atoms. The number of phenols is 1. The predicted octanol–water partition coefficient (Wildman–Crippen LogP) is 3.40. The smallest absolute Gasteiger partial charge is 0.343 e. The molecule has 170 valence electrons. The summed E-state index contributed by atoms with van der Waals surface area (Å²) in [6.07, 6.45) is 1.38. The summed E-state index contributed by atoms with van der Waals surface area (Å²) in [5.74, 6) is -0.0588. The normalized spacial score (nSPS) is 10.5. The number of hydrogen-bond donors (Lipinski definition) is 2. The maximum absolute atomic E-state index is 12.7. The van der Waals surface area contributed by atoms with Crippen LogP contribution in [0.3, 0.4) is 0 Å². The van der Waals surface area contributed by atoms with Crippen LogP contribution in [0.4, 0.5) is 0 Å². The molecule has 0 saturated carbocycles. The maximum atomic E-state index is 12.7. The third-order valence-corrected chi connectivity index (χ3v) is 4.50. The molecule has 33 heavy (non-hydrogen) atoms. The second-order valence-electron chi connectivity index (χ2n) is 6.59. The first-order chi connectivity index (χ1) is 16.0. The average molecular weight is 450 g/mol. The molecule has 2 N–H and O–H groups in total. The van der Waals surface area contributed by atoms with Crippen LogP contribution in [-0.2, 0) is 0 Å². The van der Waals surface area contributed by atoms with Crippen molar-refractivity contribution in [3.05, 3.63) is 77.4 Å². The number of nitrogens with zero attached hydrogens (tertiary/aromatic N) is 1. The van der Waals surface area contributed by atoms with Gasteiger partial charge in [0.1, 0.15) is 11.5 Å². The van der Waals surface area contributed by atoms with Crippen molar-refractivity contribution in [3.8, 4) is 28.7 Å². The number of hydrazone groups is 1. The summed E-state index contributed by atoms with van der Waals surface area (Å²) in [6.45, 7) is 0. The van der Waals surface area contributed by atoms with Gasteiger partial charge in [0, 0.05) is 0 Å². The molecule has 0 heterocycles. The zero-order valence-corrected chi connectivity index (χ0v) is 18.2. The Labute approximate surface area is 190 Å². The van der Waals surface area contributed by atoms with E-state index in [0.29, 0.717) is 22.8 Å². The molecule has 0 radical (unpaired) electrons. The topological polar surface area (TPSA) is 116 Å². The van der Waals surface area contributed by atoms with Crippen LogP contribution >= 0.6 is 0 Å². The summed E-state index contributed by atoms with van der Waals surface area (Å²) in [5, 5.41) is 13.6. The molecule has 0 unspecified atom stereocenters.